The van der Waals surface area contributed by atoms with Gasteiger partial charge in [0.1, 0.15) is 5.82 Å². The summed E-state index contributed by atoms with van der Waals surface area (Å²) in [5.74, 6) is -2.03. The molecule has 126 valence electrons. The lowest BCUT2D eigenvalue weighted by atomic mass is 9.98. The lowest BCUT2D eigenvalue weighted by Gasteiger charge is -2.14. The highest BCUT2D eigenvalue weighted by Crippen LogP contribution is 2.10. The van der Waals surface area contributed by atoms with Crippen LogP contribution in [0, 0.1) is 11.7 Å². The van der Waals surface area contributed by atoms with Crippen molar-refractivity contribution in [2.75, 3.05) is 6.54 Å². The van der Waals surface area contributed by atoms with Crippen molar-refractivity contribution in [2.24, 2.45) is 18.7 Å². The van der Waals surface area contributed by atoms with E-state index < -0.39 is 17.7 Å². The van der Waals surface area contributed by atoms with Crippen LogP contribution in [0.1, 0.15) is 15.9 Å². The van der Waals surface area contributed by atoms with E-state index >= 15 is 0 Å². The second-order valence-corrected chi connectivity index (χ2v) is 5.50. The third kappa shape index (κ3) is 4.52. The van der Waals surface area contributed by atoms with Crippen molar-refractivity contribution in [2.45, 2.75) is 6.42 Å². The predicted molar refractivity (Wildman–Crippen MR) is 86.8 cm³/mol. The molecule has 1 heterocycles. The largest absolute Gasteiger partial charge is 0.369 e. The molecular formula is C17H18FN3O3. The number of aromatic nitrogens is 1. The Morgan fingerprint density at radius 2 is 1.92 bits per heavy atom. The van der Waals surface area contributed by atoms with Gasteiger partial charge in [0.25, 0.3) is 11.5 Å². The number of primary amides is 1. The van der Waals surface area contributed by atoms with Crippen LogP contribution >= 0.6 is 0 Å². The summed E-state index contributed by atoms with van der Waals surface area (Å²) in [5.41, 5.74) is 6.01. The van der Waals surface area contributed by atoms with E-state index in [0.29, 0.717) is 0 Å². The van der Waals surface area contributed by atoms with Crippen molar-refractivity contribution in [1.29, 1.82) is 0 Å². The normalized spacial score (nSPS) is 11.8. The van der Waals surface area contributed by atoms with Crippen LogP contribution in [-0.2, 0) is 18.3 Å². The molecule has 1 aromatic heterocycles. The molecule has 3 N–H and O–H groups in total. The average molecular weight is 331 g/mol. The Morgan fingerprint density at radius 1 is 1.25 bits per heavy atom. The molecule has 0 saturated heterocycles. The molecule has 0 radical (unpaired) electrons. The maximum atomic E-state index is 12.9. The zero-order valence-electron chi connectivity index (χ0n) is 13.2. The average Bonchev–Trinajstić information content (AvgIpc) is 2.55. The highest BCUT2D eigenvalue weighted by Gasteiger charge is 2.18. The molecule has 1 aromatic carbocycles. The predicted octanol–water partition coefficient (Wildman–Crippen LogP) is 0.598. The fourth-order valence-corrected chi connectivity index (χ4v) is 2.19. The number of amides is 2. The Labute approximate surface area is 138 Å². The van der Waals surface area contributed by atoms with Crippen molar-refractivity contribution in [3.8, 4) is 0 Å². The van der Waals surface area contributed by atoms with Gasteiger partial charge >= 0.3 is 0 Å². The maximum absolute atomic E-state index is 12.9. The Balaban J connectivity index is 2.01. The van der Waals surface area contributed by atoms with Gasteiger partial charge in [0.15, 0.2) is 0 Å². The van der Waals surface area contributed by atoms with E-state index in [4.69, 9.17) is 5.73 Å². The molecule has 2 amide bonds. The van der Waals surface area contributed by atoms with Gasteiger partial charge in [-0.05, 0) is 30.2 Å². The Hall–Kier alpha value is -2.96. The van der Waals surface area contributed by atoms with Crippen molar-refractivity contribution in [3.05, 3.63) is 69.9 Å². The quantitative estimate of drug-likeness (QED) is 0.811. The molecule has 0 aliphatic rings. The van der Waals surface area contributed by atoms with Crippen LogP contribution in [0.2, 0.25) is 0 Å². The summed E-state index contributed by atoms with van der Waals surface area (Å²) in [5, 5.41) is 2.60. The molecule has 0 aliphatic carbocycles. The number of rotatable bonds is 6. The number of nitrogens with zero attached hydrogens (tertiary/aromatic N) is 1. The van der Waals surface area contributed by atoms with E-state index in [0.717, 1.165) is 5.56 Å². The molecular weight excluding hydrogens is 313 g/mol. The fourth-order valence-electron chi connectivity index (χ4n) is 2.19. The Bertz CT molecular complexity index is 799. The fraction of sp³-hybridized carbons (Fsp3) is 0.235. The smallest absolute Gasteiger partial charge is 0.251 e. The summed E-state index contributed by atoms with van der Waals surface area (Å²) < 4.78 is 14.3. The van der Waals surface area contributed by atoms with Crippen molar-refractivity contribution in [1.82, 2.24) is 9.88 Å². The number of aryl methyl sites for hydroxylation is 1. The summed E-state index contributed by atoms with van der Waals surface area (Å²) in [4.78, 5) is 35.2. The number of carbonyl (C=O) groups excluding carboxylic acids is 2. The zero-order chi connectivity index (χ0) is 17.7. The third-order valence-corrected chi connectivity index (χ3v) is 3.67. The van der Waals surface area contributed by atoms with Crippen LogP contribution in [-0.4, -0.2) is 22.9 Å². The maximum Gasteiger partial charge on any atom is 0.251 e. The molecule has 1 unspecified atom stereocenters. The first kappa shape index (κ1) is 17.4. The third-order valence-electron chi connectivity index (χ3n) is 3.67. The number of nitrogens with one attached hydrogen (secondary N) is 1. The van der Waals surface area contributed by atoms with E-state index in [1.807, 2.05) is 0 Å². The molecule has 0 fully saturated rings. The van der Waals surface area contributed by atoms with Crippen LogP contribution in [0.4, 0.5) is 4.39 Å². The molecule has 0 saturated carbocycles. The lowest BCUT2D eigenvalue weighted by molar-refractivity contribution is -0.121. The molecule has 0 spiro atoms. The summed E-state index contributed by atoms with van der Waals surface area (Å²) in [7, 11) is 1.58. The van der Waals surface area contributed by atoms with E-state index in [1.54, 1.807) is 19.2 Å². The standard InChI is InChI=1S/C17H18FN3O3/c1-21-7-6-12(9-15(21)22)17(24)20-10-13(16(19)23)8-11-2-4-14(18)5-3-11/h2-7,9,13H,8,10H2,1H3,(H2,19,23)(H,20,24). The monoisotopic (exact) mass is 331 g/mol. The first-order valence-corrected chi connectivity index (χ1v) is 7.35. The molecule has 7 heteroatoms. The number of halogens is 1. The summed E-state index contributed by atoms with van der Waals surface area (Å²) in [6, 6.07) is 8.45. The van der Waals surface area contributed by atoms with Crippen LogP contribution < -0.4 is 16.6 Å². The van der Waals surface area contributed by atoms with Gasteiger partial charge in [0.05, 0.1) is 5.92 Å². The van der Waals surface area contributed by atoms with Gasteiger partial charge in [-0.15, -0.1) is 0 Å². The topological polar surface area (TPSA) is 94.2 Å². The van der Waals surface area contributed by atoms with Crippen LogP contribution in [0.25, 0.3) is 0 Å². The highest BCUT2D eigenvalue weighted by atomic mass is 19.1. The number of carbonyl (C=O) groups is 2. The van der Waals surface area contributed by atoms with E-state index in [-0.39, 0.29) is 29.9 Å². The van der Waals surface area contributed by atoms with E-state index in [2.05, 4.69) is 5.32 Å². The number of pyridine rings is 1. The summed E-state index contributed by atoms with van der Waals surface area (Å²) >= 11 is 0. The second kappa shape index (κ2) is 7.54. The van der Waals surface area contributed by atoms with Crippen LogP contribution in [0.5, 0.6) is 0 Å². The summed E-state index contributed by atoms with van der Waals surface area (Å²) in [6.45, 7) is 0.0285. The van der Waals surface area contributed by atoms with Gasteiger partial charge in [0.2, 0.25) is 5.91 Å². The number of hydrogen-bond donors (Lipinski definition) is 2. The molecule has 24 heavy (non-hydrogen) atoms. The number of hydrogen-bond acceptors (Lipinski definition) is 3. The van der Waals surface area contributed by atoms with Gasteiger partial charge in [-0.25, -0.2) is 4.39 Å². The first-order valence-electron chi connectivity index (χ1n) is 7.35. The zero-order valence-corrected chi connectivity index (χ0v) is 13.2. The highest BCUT2D eigenvalue weighted by molar-refractivity contribution is 5.94. The first-order chi connectivity index (χ1) is 11.4. The minimum Gasteiger partial charge on any atom is -0.369 e. The van der Waals surface area contributed by atoms with Gasteiger partial charge in [-0.3, -0.25) is 14.4 Å². The van der Waals surface area contributed by atoms with Crippen molar-refractivity contribution < 1.29 is 14.0 Å². The van der Waals surface area contributed by atoms with Crippen molar-refractivity contribution in [3.63, 3.8) is 0 Å². The Morgan fingerprint density at radius 3 is 2.50 bits per heavy atom. The van der Waals surface area contributed by atoms with Crippen molar-refractivity contribution >= 4 is 11.8 Å². The molecule has 0 aliphatic heterocycles. The minimum absolute atomic E-state index is 0.0285. The van der Waals surface area contributed by atoms with Gasteiger partial charge in [-0.1, -0.05) is 12.1 Å². The lowest BCUT2D eigenvalue weighted by Crippen LogP contribution is -2.37. The summed E-state index contributed by atoms with van der Waals surface area (Å²) in [6.07, 6.45) is 1.77. The SMILES string of the molecule is Cn1ccc(C(=O)NCC(Cc2ccc(F)cc2)C(N)=O)cc1=O. The number of benzene rings is 1. The van der Waals surface area contributed by atoms with Gasteiger partial charge in [-0.2, -0.15) is 0 Å². The Kier molecular flexibility index (Phi) is 5.47. The minimum atomic E-state index is -0.633. The van der Waals surface area contributed by atoms with Gasteiger partial charge < -0.3 is 15.6 Å². The van der Waals surface area contributed by atoms with Gasteiger partial charge in [0, 0.05) is 31.4 Å². The van der Waals surface area contributed by atoms with E-state index in [1.165, 1.54) is 35.0 Å². The second-order valence-electron chi connectivity index (χ2n) is 5.50. The number of nitrogens with two attached hydrogens (primary N) is 1. The molecule has 2 rings (SSSR count). The van der Waals surface area contributed by atoms with Crippen LogP contribution in [0.3, 0.4) is 0 Å². The molecule has 0 bridgehead atoms. The van der Waals surface area contributed by atoms with E-state index in [9.17, 15) is 18.8 Å². The van der Waals surface area contributed by atoms with Crippen LogP contribution in [0.15, 0.2) is 47.4 Å². The molecule has 6 nitrogen and oxygen atoms in total. The molecule has 1 atom stereocenters. The molecule has 2 aromatic rings.